The Balaban J connectivity index is 3.32. The Morgan fingerprint density at radius 2 is 2.00 bits per heavy atom. The summed E-state index contributed by atoms with van der Waals surface area (Å²) in [5, 5.41) is 0. The molecule has 2 unspecified atom stereocenters. The van der Waals surface area contributed by atoms with Gasteiger partial charge in [0, 0.05) is 0 Å². The van der Waals surface area contributed by atoms with Gasteiger partial charge in [0.05, 0.1) is 0 Å². The van der Waals surface area contributed by atoms with E-state index in [2.05, 4.69) is 27.7 Å². The van der Waals surface area contributed by atoms with Crippen LogP contribution < -0.4 is 0 Å². The molecule has 0 saturated heterocycles. The molecule has 2 atom stereocenters. The number of hydrogen-bond donors (Lipinski definition) is 0. The van der Waals surface area contributed by atoms with E-state index >= 15 is 0 Å². The molecule has 0 nitrogen and oxygen atoms in total. The molecule has 0 amide bonds. The van der Waals surface area contributed by atoms with E-state index in [1.165, 1.54) is 12.8 Å². The summed E-state index contributed by atoms with van der Waals surface area (Å²) in [5.41, 5.74) is 0. The van der Waals surface area contributed by atoms with E-state index in [9.17, 15) is 0 Å². The first-order valence-electron chi connectivity index (χ1n) is 3.84. The molecule has 0 aromatic rings. The van der Waals surface area contributed by atoms with Gasteiger partial charge in [-0.3, -0.25) is 0 Å². The molecule has 0 N–H and O–H groups in total. The Morgan fingerprint density at radius 1 is 1.44 bits per heavy atom. The predicted molar refractivity (Wildman–Crippen MR) is 42.9 cm³/mol. The molecule has 2 radical (unpaired) electrons. The van der Waals surface area contributed by atoms with Crippen LogP contribution in [0.3, 0.4) is 0 Å². The second kappa shape index (κ2) is 4.84. The van der Waals surface area contributed by atoms with Gasteiger partial charge in [-0.2, -0.15) is 0 Å². The van der Waals surface area contributed by atoms with Crippen molar-refractivity contribution in [1.82, 2.24) is 0 Å². The fourth-order valence-electron chi connectivity index (χ4n) is 0.880. The van der Waals surface area contributed by atoms with Crippen LogP contribution >= 0.6 is 0 Å². The molecule has 9 heavy (non-hydrogen) atoms. The minimum Gasteiger partial charge on any atom is -0.0651 e. The molecule has 0 bridgehead atoms. The number of hydrogen-bond acceptors (Lipinski definition) is 0. The Kier molecular flexibility index (Phi) is 4.84. The highest BCUT2D eigenvalue weighted by Gasteiger charge is 2.07. The van der Waals surface area contributed by atoms with Crippen molar-refractivity contribution in [1.29, 1.82) is 0 Å². The fourth-order valence-corrected chi connectivity index (χ4v) is 0.880. The molecule has 0 heterocycles. The maximum atomic E-state index is 4.06. The molecule has 54 valence electrons. The lowest BCUT2D eigenvalue weighted by Gasteiger charge is -2.16. The minimum atomic E-state index is 0.618. The molecular formula is C9H18. The summed E-state index contributed by atoms with van der Waals surface area (Å²) in [6, 6.07) is 0. The summed E-state index contributed by atoms with van der Waals surface area (Å²) in [6.45, 7) is 12.3. The van der Waals surface area contributed by atoms with Gasteiger partial charge in [0.2, 0.25) is 0 Å². The van der Waals surface area contributed by atoms with Crippen molar-refractivity contribution in [2.24, 2.45) is 11.8 Å². The second-order valence-electron chi connectivity index (χ2n) is 2.79. The van der Waals surface area contributed by atoms with Gasteiger partial charge < -0.3 is 0 Å². The molecular weight excluding hydrogens is 108 g/mol. The summed E-state index contributed by atoms with van der Waals surface area (Å²) in [4.78, 5) is 0. The summed E-state index contributed by atoms with van der Waals surface area (Å²) in [5.74, 6) is 1.39. The first-order valence-corrected chi connectivity index (χ1v) is 3.84. The summed E-state index contributed by atoms with van der Waals surface area (Å²) >= 11 is 0. The quantitative estimate of drug-likeness (QED) is 0.543. The SMILES string of the molecule is [CH2]CCC([CH2])C(C)CC. The molecule has 0 heteroatoms. The van der Waals surface area contributed by atoms with Crippen LogP contribution in [0.15, 0.2) is 0 Å². The first kappa shape index (κ1) is 9.00. The topological polar surface area (TPSA) is 0 Å². The minimum absolute atomic E-state index is 0.618. The first-order chi connectivity index (χ1) is 4.22. The molecule has 0 aromatic heterocycles. The highest BCUT2D eigenvalue weighted by atomic mass is 14.1. The van der Waals surface area contributed by atoms with Gasteiger partial charge in [-0.1, -0.05) is 40.0 Å². The van der Waals surface area contributed by atoms with E-state index in [0.717, 1.165) is 12.3 Å². The Hall–Kier alpha value is 0. The molecule has 0 aliphatic heterocycles. The van der Waals surface area contributed by atoms with Crippen LogP contribution in [0.5, 0.6) is 0 Å². The summed E-state index contributed by atoms with van der Waals surface area (Å²) < 4.78 is 0. The van der Waals surface area contributed by atoms with E-state index < -0.39 is 0 Å². The van der Waals surface area contributed by atoms with Crippen molar-refractivity contribution >= 4 is 0 Å². The molecule has 0 aliphatic carbocycles. The van der Waals surface area contributed by atoms with Crippen LogP contribution in [0.2, 0.25) is 0 Å². The molecule has 0 fully saturated rings. The van der Waals surface area contributed by atoms with E-state index in [0.29, 0.717) is 5.92 Å². The van der Waals surface area contributed by atoms with Crippen LogP contribution in [0, 0.1) is 25.7 Å². The molecule has 0 saturated carbocycles. The maximum Gasteiger partial charge on any atom is -0.0388 e. The Labute approximate surface area is 59.7 Å². The van der Waals surface area contributed by atoms with Crippen molar-refractivity contribution < 1.29 is 0 Å². The third kappa shape index (κ3) is 3.56. The average Bonchev–Trinajstić information content (AvgIpc) is 1.87. The van der Waals surface area contributed by atoms with Gasteiger partial charge in [0.25, 0.3) is 0 Å². The zero-order chi connectivity index (χ0) is 7.28. The van der Waals surface area contributed by atoms with E-state index in [1.807, 2.05) is 0 Å². The van der Waals surface area contributed by atoms with Gasteiger partial charge in [0.1, 0.15) is 0 Å². The van der Waals surface area contributed by atoms with Crippen LogP contribution in [0.4, 0.5) is 0 Å². The predicted octanol–water partition coefficient (Wildman–Crippen LogP) is 3.10. The molecule has 0 rings (SSSR count). The van der Waals surface area contributed by atoms with Gasteiger partial charge in [-0.25, -0.2) is 0 Å². The third-order valence-electron chi connectivity index (χ3n) is 2.02. The monoisotopic (exact) mass is 126 g/mol. The standard InChI is InChI=1S/C9H18/c1-5-7-9(4)8(3)6-2/h8-9H,1,4-7H2,2-3H3. The van der Waals surface area contributed by atoms with Crippen molar-refractivity contribution in [2.75, 3.05) is 0 Å². The second-order valence-corrected chi connectivity index (χ2v) is 2.79. The van der Waals surface area contributed by atoms with Crippen LogP contribution in [0.25, 0.3) is 0 Å². The van der Waals surface area contributed by atoms with Crippen molar-refractivity contribution in [3.05, 3.63) is 13.8 Å². The van der Waals surface area contributed by atoms with E-state index in [4.69, 9.17) is 0 Å². The molecule has 0 spiro atoms. The lowest BCUT2D eigenvalue weighted by atomic mass is 9.90. The van der Waals surface area contributed by atoms with Crippen molar-refractivity contribution in [3.8, 4) is 0 Å². The van der Waals surface area contributed by atoms with Gasteiger partial charge >= 0.3 is 0 Å². The molecule has 0 aliphatic rings. The van der Waals surface area contributed by atoms with Crippen molar-refractivity contribution in [2.45, 2.75) is 33.1 Å². The zero-order valence-electron chi connectivity index (χ0n) is 6.69. The highest BCUT2D eigenvalue weighted by molar-refractivity contribution is 4.67. The lowest BCUT2D eigenvalue weighted by molar-refractivity contribution is 0.392. The average molecular weight is 126 g/mol. The number of rotatable bonds is 4. The van der Waals surface area contributed by atoms with Crippen molar-refractivity contribution in [3.63, 3.8) is 0 Å². The smallest absolute Gasteiger partial charge is 0.0388 e. The summed E-state index contributed by atoms with van der Waals surface area (Å²) in [7, 11) is 0. The zero-order valence-corrected chi connectivity index (χ0v) is 6.69. The lowest BCUT2D eigenvalue weighted by Crippen LogP contribution is -2.05. The third-order valence-corrected chi connectivity index (χ3v) is 2.02. The van der Waals surface area contributed by atoms with Crippen LogP contribution in [0.1, 0.15) is 33.1 Å². The Morgan fingerprint density at radius 3 is 2.33 bits per heavy atom. The van der Waals surface area contributed by atoms with Crippen LogP contribution in [-0.2, 0) is 0 Å². The van der Waals surface area contributed by atoms with Gasteiger partial charge in [-0.15, -0.1) is 0 Å². The largest absolute Gasteiger partial charge is 0.0651 e. The van der Waals surface area contributed by atoms with Crippen LogP contribution in [-0.4, -0.2) is 0 Å². The van der Waals surface area contributed by atoms with E-state index in [1.54, 1.807) is 0 Å². The van der Waals surface area contributed by atoms with Gasteiger partial charge in [-0.05, 0) is 18.8 Å². The normalized spacial score (nSPS) is 17.3. The Bertz CT molecular complexity index is 57.1. The fraction of sp³-hybridized carbons (Fsp3) is 0.778. The summed E-state index contributed by atoms with van der Waals surface area (Å²) in [6.07, 6.45) is 3.45. The highest BCUT2D eigenvalue weighted by Crippen LogP contribution is 2.18. The van der Waals surface area contributed by atoms with E-state index in [-0.39, 0.29) is 0 Å². The maximum absolute atomic E-state index is 4.06. The molecule has 0 aromatic carbocycles. The van der Waals surface area contributed by atoms with Gasteiger partial charge in [0.15, 0.2) is 0 Å².